The van der Waals surface area contributed by atoms with Gasteiger partial charge >= 0.3 is 11.9 Å². The molecule has 238 valence electrons. The second-order valence-electron chi connectivity index (χ2n) is 10.7. The number of carboxylic acid groups (broad SMARTS) is 1. The van der Waals surface area contributed by atoms with Crippen LogP contribution in [0.1, 0.15) is 34.1 Å². The molecule has 3 N–H and O–H groups in total. The minimum atomic E-state index is -1.35. The number of esters is 1. The molecule has 2 amide bonds. The molecule has 4 aromatic rings. The van der Waals surface area contributed by atoms with Crippen LogP contribution in [-0.4, -0.2) is 68.3 Å². The molecule has 0 aliphatic carbocycles. The van der Waals surface area contributed by atoms with E-state index in [1.165, 1.54) is 24.1 Å². The molecule has 0 bridgehead atoms. The van der Waals surface area contributed by atoms with Crippen LogP contribution in [0.4, 0.5) is 5.13 Å². The quantitative estimate of drug-likeness (QED) is 0.0702. The summed E-state index contributed by atoms with van der Waals surface area (Å²) in [4.78, 5) is 68.1. The number of ketones is 1. The van der Waals surface area contributed by atoms with Gasteiger partial charge in [0.1, 0.15) is 35.0 Å². The van der Waals surface area contributed by atoms with E-state index >= 15 is 0 Å². The van der Waals surface area contributed by atoms with E-state index in [0.717, 1.165) is 32.9 Å². The molecule has 2 aliphatic rings. The van der Waals surface area contributed by atoms with Crippen LogP contribution in [-0.2, 0) is 29.5 Å². The maximum absolute atomic E-state index is 13.3. The third-order valence-electron chi connectivity index (χ3n) is 7.84. The molecule has 11 nitrogen and oxygen atoms in total. The smallest absolute Gasteiger partial charge is 0.352 e. The van der Waals surface area contributed by atoms with Gasteiger partial charge in [0.25, 0.3) is 17.6 Å². The van der Waals surface area contributed by atoms with Gasteiger partial charge in [-0.25, -0.2) is 9.78 Å². The number of nitrogens with zero attached hydrogens (tertiary/aromatic N) is 2. The molecule has 0 saturated carbocycles. The number of β-lactam (4-membered cyclic amide) rings is 1. The van der Waals surface area contributed by atoms with E-state index in [1.807, 2.05) is 91.0 Å². The largest absolute Gasteiger partial charge is 0.477 e. The zero-order valence-electron chi connectivity index (χ0n) is 24.9. The average Bonchev–Trinajstić information content (AvgIpc) is 3.57. The molecule has 2 aliphatic heterocycles. The van der Waals surface area contributed by atoms with Gasteiger partial charge in [0.15, 0.2) is 5.13 Å². The fourth-order valence-electron chi connectivity index (χ4n) is 5.68. The molecule has 1 fully saturated rings. The predicted molar refractivity (Wildman–Crippen MR) is 176 cm³/mol. The van der Waals surface area contributed by atoms with Crippen LogP contribution >= 0.6 is 23.1 Å². The number of ether oxygens (including phenoxy) is 1. The van der Waals surface area contributed by atoms with E-state index < -0.39 is 46.5 Å². The summed E-state index contributed by atoms with van der Waals surface area (Å²) >= 11 is 2.37. The summed E-state index contributed by atoms with van der Waals surface area (Å²) in [5.74, 6) is -4.43. The Morgan fingerprint density at radius 1 is 0.936 bits per heavy atom. The van der Waals surface area contributed by atoms with Crippen molar-refractivity contribution in [2.75, 3.05) is 17.7 Å². The van der Waals surface area contributed by atoms with Gasteiger partial charge in [0.2, 0.25) is 0 Å². The van der Waals surface area contributed by atoms with Crippen LogP contribution in [0.2, 0.25) is 0 Å². The third-order valence-corrected chi connectivity index (χ3v) is 9.94. The fourth-order valence-corrected chi connectivity index (χ4v) is 7.76. The highest BCUT2D eigenvalue weighted by molar-refractivity contribution is 8.00. The Kier molecular flexibility index (Phi) is 8.92. The first-order chi connectivity index (χ1) is 22.7. The summed E-state index contributed by atoms with van der Waals surface area (Å²) in [6.07, 6.45) is 0. The van der Waals surface area contributed by atoms with Gasteiger partial charge in [-0.2, -0.15) is 0 Å². The number of amides is 2. The molecule has 3 heterocycles. The van der Waals surface area contributed by atoms with Crippen LogP contribution in [0.5, 0.6) is 0 Å². The summed E-state index contributed by atoms with van der Waals surface area (Å²) in [5, 5.41) is 16.9. The molecule has 3 aromatic carbocycles. The van der Waals surface area contributed by atoms with Crippen molar-refractivity contribution in [1.82, 2.24) is 15.2 Å². The number of carbonyl (C=O) groups is 5. The number of aromatic nitrogens is 1. The number of rotatable bonds is 11. The van der Waals surface area contributed by atoms with Crippen LogP contribution in [0, 0.1) is 0 Å². The standard InChI is InChI=1S/C34H28N4O7S2/c1-20(39)45-17-21-18-46-31-26(30(42)38(31)27(21)32(43)44)36-29(41)28(40)25-19-47-33(35-25)37-34(22-11-5-2-6-12-22,23-13-7-3-8-14-23)24-15-9-4-10-16-24/h2-16,19,26,31H,17-18H2,1H3,(H,35,37)(H,36,41)(H,43,44)/t26-,31-/m1/s1. The van der Waals surface area contributed by atoms with Crippen molar-refractivity contribution in [2.45, 2.75) is 23.9 Å². The lowest BCUT2D eigenvalue weighted by atomic mass is 9.77. The lowest BCUT2D eigenvalue weighted by molar-refractivity contribution is -0.150. The second kappa shape index (κ2) is 13.2. The predicted octanol–water partition coefficient (Wildman–Crippen LogP) is 4.03. The molecule has 0 spiro atoms. The first kappa shape index (κ1) is 31.7. The molecule has 13 heteroatoms. The first-order valence-electron chi connectivity index (χ1n) is 14.5. The second-order valence-corrected chi connectivity index (χ2v) is 12.7. The van der Waals surface area contributed by atoms with Crippen molar-refractivity contribution in [1.29, 1.82) is 0 Å². The maximum atomic E-state index is 13.3. The summed E-state index contributed by atoms with van der Waals surface area (Å²) in [5.41, 5.74) is 1.78. The van der Waals surface area contributed by atoms with Gasteiger partial charge in [0, 0.05) is 23.6 Å². The molecule has 1 saturated heterocycles. The lowest BCUT2D eigenvalue weighted by Gasteiger charge is -2.49. The highest BCUT2D eigenvalue weighted by Crippen LogP contribution is 2.42. The number of benzene rings is 3. The van der Waals surface area contributed by atoms with Crippen molar-refractivity contribution < 1.29 is 33.8 Å². The van der Waals surface area contributed by atoms with Gasteiger partial charge in [-0.3, -0.25) is 24.1 Å². The van der Waals surface area contributed by atoms with E-state index in [1.54, 1.807) is 0 Å². The van der Waals surface area contributed by atoms with Crippen molar-refractivity contribution in [2.24, 2.45) is 0 Å². The van der Waals surface area contributed by atoms with Crippen molar-refractivity contribution in [3.63, 3.8) is 0 Å². The Labute approximate surface area is 277 Å². The number of aliphatic carboxylic acids is 1. The number of fused-ring (bicyclic) bond motifs is 1. The third kappa shape index (κ3) is 6.02. The van der Waals surface area contributed by atoms with Crippen molar-refractivity contribution in [3.05, 3.63) is 130 Å². The maximum Gasteiger partial charge on any atom is 0.352 e. The van der Waals surface area contributed by atoms with Crippen molar-refractivity contribution >= 4 is 57.8 Å². The number of hydrogen-bond donors (Lipinski definition) is 3. The highest BCUT2D eigenvalue weighted by Gasteiger charge is 2.54. The van der Waals surface area contributed by atoms with Crippen LogP contribution in [0.3, 0.4) is 0 Å². The van der Waals surface area contributed by atoms with E-state index in [0.29, 0.717) is 5.13 Å². The molecule has 1 aromatic heterocycles. The number of carboxylic acids is 1. The van der Waals surface area contributed by atoms with E-state index in [-0.39, 0.29) is 29.3 Å². The molecule has 0 unspecified atom stereocenters. The summed E-state index contributed by atoms with van der Waals surface area (Å²) in [6, 6.07) is 28.4. The van der Waals surface area contributed by atoms with Gasteiger partial charge in [0.05, 0.1) is 0 Å². The number of hydrogen-bond acceptors (Lipinski definition) is 10. The Morgan fingerprint density at radius 2 is 1.49 bits per heavy atom. The molecule has 6 rings (SSSR count). The molecular formula is C34H28N4O7S2. The van der Waals surface area contributed by atoms with E-state index in [9.17, 15) is 29.1 Å². The Hall–Kier alpha value is -5.27. The van der Waals surface area contributed by atoms with Gasteiger partial charge in [-0.15, -0.1) is 23.1 Å². The van der Waals surface area contributed by atoms with Crippen LogP contribution in [0.25, 0.3) is 0 Å². The van der Waals surface area contributed by atoms with E-state index in [4.69, 9.17) is 4.74 Å². The van der Waals surface area contributed by atoms with Gasteiger partial charge in [-0.1, -0.05) is 91.0 Å². The Morgan fingerprint density at radius 3 is 2.00 bits per heavy atom. The van der Waals surface area contributed by atoms with Gasteiger partial charge < -0.3 is 20.5 Å². The highest BCUT2D eigenvalue weighted by atomic mass is 32.2. The Bertz CT molecular complexity index is 1780. The van der Waals surface area contributed by atoms with Gasteiger partial charge in [-0.05, 0) is 16.7 Å². The topological polar surface area (TPSA) is 155 Å². The molecular weight excluding hydrogens is 641 g/mol. The minimum Gasteiger partial charge on any atom is -0.477 e. The Balaban J connectivity index is 1.23. The number of thiazole rings is 1. The molecule has 47 heavy (non-hydrogen) atoms. The number of nitrogens with one attached hydrogen (secondary N) is 2. The average molecular weight is 669 g/mol. The summed E-state index contributed by atoms with van der Waals surface area (Å²) in [6.45, 7) is 0.932. The normalized spacial score (nSPS) is 17.3. The number of anilines is 1. The molecule has 0 radical (unpaired) electrons. The lowest BCUT2D eigenvalue weighted by Crippen LogP contribution is -2.71. The zero-order chi connectivity index (χ0) is 33.1. The zero-order valence-corrected chi connectivity index (χ0v) is 26.5. The SMILES string of the molecule is CC(=O)OCC1=C(C(=O)O)N2C(=O)[C@@H](NC(=O)C(=O)c3csc(NC(c4ccccc4)(c4ccccc4)c4ccccc4)n3)[C@H]2SC1. The fraction of sp³-hybridized carbons (Fsp3) is 0.176. The van der Waals surface area contributed by atoms with Crippen molar-refractivity contribution in [3.8, 4) is 0 Å². The first-order valence-corrected chi connectivity index (χ1v) is 16.4. The molecule has 2 atom stereocenters. The minimum absolute atomic E-state index is 0.104. The van der Waals surface area contributed by atoms with E-state index in [2.05, 4.69) is 15.6 Å². The number of carbonyl (C=O) groups excluding carboxylic acids is 4. The number of thioether (sulfide) groups is 1. The number of Topliss-reactive ketones (excluding diaryl/α,β-unsaturated/α-hetero) is 1. The summed E-state index contributed by atoms with van der Waals surface area (Å²) < 4.78 is 4.95. The summed E-state index contributed by atoms with van der Waals surface area (Å²) in [7, 11) is 0. The monoisotopic (exact) mass is 668 g/mol. The van der Waals surface area contributed by atoms with Crippen LogP contribution < -0.4 is 10.6 Å². The van der Waals surface area contributed by atoms with Crippen LogP contribution in [0.15, 0.2) is 108 Å².